The van der Waals surface area contributed by atoms with Crippen molar-refractivity contribution >= 4 is 11.8 Å². The zero-order chi connectivity index (χ0) is 15.6. The van der Waals surface area contributed by atoms with Gasteiger partial charge in [-0.15, -0.1) is 0 Å². The maximum atomic E-state index is 13.2. The molecule has 1 aromatic carbocycles. The molecule has 0 aliphatic heterocycles. The average Bonchev–Trinajstić information content (AvgIpc) is 2.70. The fraction of sp³-hybridized carbons (Fsp3) is 0.286. The summed E-state index contributed by atoms with van der Waals surface area (Å²) in [6, 6.07) is 4.34. The first-order chi connectivity index (χ1) is 9.86. The molecule has 5 nitrogen and oxygen atoms in total. The van der Waals surface area contributed by atoms with E-state index < -0.39 is 23.7 Å². The van der Waals surface area contributed by atoms with Crippen LogP contribution < -0.4 is 10.6 Å². The predicted octanol–water partition coefficient (Wildman–Crippen LogP) is 2.89. The number of anilines is 1. The summed E-state index contributed by atoms with van der Waals surface area (Å²) in [5.41, 5.74) is 1.26. The summed E-state index contributed by atoms with van der Waals surface area (Å²) in [6.45, 7) is 3.49. The van der Waals surface area contributed by atoms with E-state index in [1.165, 1.54) is 10.7 Å². The van der Waals surface area contributed by atoms with Crippen LogP contribution in [0.15, 0.2) is 24.3 Å². The lowest BCUT2D eigenvalue weighted by molar-refractivity contribution is 0.249. The number of hydrogen-bond acceptors (Lipinski definition) is 2. The van der Waals surface area contributed by atoms with Gasteiger partial charge >= 0.3 is 6.03 Å². The molecule has 0 radical (unpaired) electrons. The molecular formula is C14H16F2N4O. The van der Waals surface area contributed by atoms with Crippen LogP contribution in [0.3, 0.4) is 0 Å². The zero-order valence-corrected chi connectivity index (χ0v) is 11.9. The van der Waals surface area contributed by atoms with E-state index in [1.807, 2.05) is 6.92 Å². The van der Waals surface area contributed by atoms with E-state index in [2.05, 4.69) is 15.7 Å². The average molecular weight is 294 g/mol. The molecular weight excluding hydrogens is 278 g/mol. The van der Waals surface area contributed by atoms with Gasteiger partial charge in [0.15, 0.2) is 11.6 Å². The van der Waals surface area contributed by atoms with Crippen LogP contribution >= 0.6 is 0 Å². The minimum absolute atomic E-state index is 0.449. The Kier molecular flexibility index (Phi) is 4.21. The lowest BCUT2D eigenvalue weighted by atomic mass is 10.1. The largest absolute Gasteiger partial charge is 0.331 e. The minimum atomic E-state index is -0.941. The molecule has 112 valence electrons. The number of nitrogens with one attached hydrogen (secondary N) is 2. The lowest BCUT2D eigenvalue weighted by Crippen LogP contribution is -2.31. The number of aryl methyl sites for hydroxylation is 2. The van der Waals surface area contributed by atoms with Crippen LogP contribution in [0.2, 0.25) is 0 Å². The van der Waals surface area contributed by atoms with Crippen molar-refractivity contribution in [2.24, 2.45) is 7.05 Å². The van der Waals surface area contributed by atoms with E-state index in [9.17, 15) is 13.6 Å². The molecule has 0 spiro atoms. The van der Waals surface area contributed by atoms with Crippen LogP contribution in [0.5, 0.6) is 0 Å². The molecule has 0 fully saturated rings. The number of halogens is 2. The van der Waals surface area contributed by atoms with Crippen molar-refractivity contribution in [3.05, 3.63) is 47.2 Å². The van der Waals surface area contributed by atoms with Crippen molar-refractivity contribution in [3.63, 3.8) is 0 Å². The third-order valence-electron chi connectivity index (χ3n) is 3.03. The van der Waals surface area contributed by atoms with E-state index in [0.717, 1.165) is 17.8 Å². The molecule has 0 saturated carbocycles. The molecule has 0 bridgehead atoms. The fourth-order valence-electron chi connectivity index (χ4n) is 1.94. The van der Waals surface area contributed by atoms with Gasteiger partial charge in [0.25, 0.3) is 0 Å². The molecule has 2 rings (SSSR count). The van der Waals surface area contributed by atoms with Crippen molar-refractivity contribution in [1.82, 2.24) is 15.1 Å². The van der Waals surface area contributed by atoms with Gasteiger partial charge < -0.3 is 5.32 Å². The first kappa shape index (κ1) is 15.0. The van der Waals surface area contributed by atoms with Crippen LogP contribution in [-0.2, 0) is 7.05 Å². The molecule has 2 N–H and O–H groups in total. The summed E-state index contributed by atoms with van der Waals surface area (Å²) < 4.78 is 27.6. The van der Waals surface area contributed by atoms with E-state index in [0.29, 0.717) is 11.4 Å². The van der Waals surface area contributed by atoms with Crippen LogP contribution in [0, 0.1) is 18.6 Å². The minimum Gasteiger partial charge on any atom is -0.331 e. The molecule has 1 heterocycles. The quantitative estimate of drug-likeness (QED) is 0.914. The monoisotopic (exact) mass is 294 g/mol. The van der Waals surface area contributed by atoms with Gasteiger partial charge in [-0.3, -0.25) is 10.00 Å². The van der Waals surface area contributed by atoms with Crippen molar-refractivity contribution < 1.29 is 13.6 Å². The van der Waals surface area contributed by atoms with Gasteiger partial charge in [-0.05, 0) is 31.5 Å². The van der Waals surface area contributed by atoms with E-state index >= 15 is 0 Å². The van der Waals surface area contributed by atoms with Gasteiger partial charge in [0, 0.05) is 13.1 Å². The van der Waals surface area contributed by atoms with Crippen molar-refractivity contribution in [1.29, 1.82) is 0 Å². The standard InChI is InChI=1S/C14H16F2N4O/c1-8-6-13(20(3)19-8)18-14(21)17-9(2)10-4-5-11(15)12(16)7-10/h4-7,9H,1-3H3,(H2,17,18,21)/t9-/m1/s1. The summed E-state index contributed by atoms with van der Waals surface area (Å²) >= 11 is 0. The molecule has 1 atom stereocenters. The number of amides is 2. The molecule has 0 saturated heterocycles. The normalized spacial score (nSPS) is 12.0. The van der Waals surface area contributed by atoms with Crippen LogP contribution in [-0.4, -0.2) is 15.8 Å². The smallest absolute Gasteiger partial charge is 0.320 e. The Morgan fingerprint density at radius 3 is 2.57 bits per heavy atom. The summed E-state index contributed by atoms with van der Waals surface area (Å²) in [5.74, 6) is -1.31. The van der Waals surface area contributed by atoms with Crippen molar-refractivity contribution in [2.75, 3.05) is 5.32 Å². The highest BCUT2D eigenvalue weighted by Crippen LogP contribution is 2.16. The van der Waals surface area contributed by atoms with Gasteiger partial charge in [0.2, 0.25) is 0 Å². The topological polar surface area (TPSA) is 59.0 Å². The second-order valence-corrected chi connectivity index (χ2v) is 4.79. The second kappa shape index (κ2) is 5.90. The van der Waals surface area contributed by atoms with Gasteiger partial charge in [0.05, 0.1) is 11.7 Å². The van der Waals surface area contributed by atoms with Crippen molar-refractivity contribution in [3.8, 4) is 0 Å². The third-order valence-corrected chi connectivity index (χ3v) is 3.03. The Bertz CT molecular complexity index is 669. The Balaban J connectivity index is 2.01. The van der Waals surface area contributed by atoms with E-state index in [-0.39, 0.29) is 0 Å². The number of carbonyl (C=O) groups excluding carboxylic acids is 1. The van der Waals surface area contributed by atoms with E-state index in [4.69, 9.17) is 0 Å². The molecule has 1 aromatic heterocycles. The van der Waals surface area contributed by atoms with Gasteiger partial charge in [-0.2, -0.15) is 5.10 Å². The Morgan fingerprint density at radius 2 is 2.00 bits per heavy atom. The molecule has 2 amide bonds. The number of nitrogens with zero attached hydrogens (tertiary/aromatic N) is 2. The predicted molar refractivity (Wildman–Crippen MR) is 74.9 cm³/mol. The van der Waals surface area contributed by atoms with Gasteiger partial charge in [-0.1, -0.05) is 6.07 Å². The zero-order valence-electron chi connectivity index (χ0n) is 11.9. The molecule has 21 heavy (non-hydrogen) atoms. The molecule has 2 aromatic rings. The highest BCUT2D eigenvalue weighted by molar-refractivity contribution is 5.88. The van der Waals surface area contributed by atoms with Gasteiger partial charge in [-0.25, -0.2) is 13.6 Å². The SMILES string of the molecule is Cc1cc(NC(=O)N[C@H](C)c2ccc(F)c(F)c2)n(C)n1. The molecule has 0 aliphatic carbocycles. The van der Waals surface area contributed by atoms with Gasteiger partial charge in [0.1, 0.15) is 5.82 Å². The Morgan fingerprint density at radius 1 is 1.29 bits per heavy atom. The molecule has 7 heteroatoms. The number of urea groups is 1. The summed E-state index contributed by atoms with van der Waals surface area (Å²) in [5, 5.41) is 9.39. The fourth-order valence-corrected chi connectivity index (χ4v) is 1.94. The highest BCUT2D eigenvalue weighted by Gasteiger charge is 2.13. The maximum absolute atomic E-state index is 13.2. The summed E-state index contributed by atoms with van der Waals surface area (Å²) in [7, 11) is 1.71. The number of rotatable bonds is 3. The maximum Gasteiger partial charge on any atom is 0.320 e. The number of benzene rings is 1. The number of carbonyl (C=O) groups is 1. The lowest BCUT2D eigenvalue weighted by Gasteiger charge is -2.15. The van der Waals surface area contributed by atoms with Crippen molar-refractivity contribution in [2.45, 2.75) is 19.9 Å². The second-order valence-electron chi connectivity index (χ2n) is 4.79. The Labute approximate surface area is 121 Å². The molecule has 0 aliphatic rings. The third kappa shape index (κ3) is 3.56. The summed E-state index contributed by atoms with van der Waals surface area (Å²) in [6.07, 6.45) is 0. The number of aromatic nitrogens is 2. The van der Waals surface area contributed by atoms with Crippen LogP contribution in [0.25, 0.3) is 0 Å². The first-order valence-corrected chi connectivity index (χ1v) is 6.40. The molecule has 0 unspecified atom stereocenters. The number of hydrogen-bond donors (Lipinski definition) is 2. The summed E-state index contributed by atoms with van der Waals surface area (Å²) in [4.78, 5) is 11.9. The van der Waals surface area contributed by atoms with Crippen LogP contribution in [0.1, 0.15) is 24.2 Å². The van der Waals surface area contributed by atoms with E-state index in [1.54, 1.807) is 20.0 Å². The Hall–Kier alpha value is -2.44. The van der Waals surface area contributed by atoms with Crippen LogP contribution in [0.4, 0.5) is 19.4 Å². The first-order valence-electron chi connectivity index (χ1n) is 6.40. The highest BCUT2D eigenvalue weighted by atomic mass is 19.2.